The molecule has 0 atom stereocenters. The SMILES string of the molecule is Nc1nc(NCCOCC(F)F)c2cn[nH]c2n1. The van der Waals surface area contributed by atoms with Crippen LogP contribution in [0.3, 0.4) is 0 Å². The summed E-state index contributed by atoms with van der Waals surface area (Å²) in [6.45, 7) is -0.0915. The van der Waals surface area contributed by atoms with Gasteiger partial charge in [-0.3, -0.25) is 5.10 Å². The highest BCUT2D eigenvalue weighted by atomic mass is 19.3. The van der Waals surface area contributed by atoms with Gasteiger partial charge in [-0.15, -0.1) is 0 Å². The van der Waals surface area contributed by atoms with E-state index in [1.54, 1.807) is 6.20 Å². The molecule has 2 rings (SSSR count). The average molecular weight is 258 g/mol. The summed E-state index contributed by atoms with van der Waals surface area (Å²) in [6.07, 6.45) is -0.905. The first-order valence-electron chi connectivity index (χ1n) is 5.23. The number of halogens is 2. The molecule has 2 aromatic heterocycles. The van der Waals surface area contributed by atoms with Gasteiger partial charge in [0.2, 0.25) is 5.95 Å². The molecule has 0 unspecified atom stereocenters. The first-order chi connectivity index (χ1) is 8.66. The van der Waals surface area contributed by atoms with Crippen LogP contribution < -0.4 is 11.1 Å². The number of rotatable bonds is 6. The first-order valence-corrected chi connectivity index (χ1v) is 5.23. The van der Waals surface area contributed by atoms with Crippen LogP contribution >= 0.6 is 0 Å². The number of aromatic nitrogens is 4. The maximum Gasteiger partial charge on any atom is 0.261 e. The Bertz CT molecular complexity index is 517. The van der Waals surface area contributed by atoms with Crippen molar-refractivity contribution in [3.05, 3.63) is 6.20 Å². The second-order valence-electron chi connectivity index (χ2n) is 3.46. The number of ether oxygens (including phenoxy) is 1. The highest BCUT2D eigenvalue weighted by molar-refractivity contribution is 5.86. The summed E-state index contributed by atoms with van der Waals surface area (Å²) in [5.41, 5.74) is 6.03. The Hall–Kier alpha value is -2.03. The van der Waals surface area contributed by atoms with E-state index in [0.717, 1.165) is 0 Å². The Kier molecular flexibility index (Phi) is 3.82. The van der Waals surface area contributed by atoms with Crippen molar-refractivity contribution < 1.29 is 13.5 Å². The van der Waals surface area contributed by atoms with Crippen LogP contribution in [0, 0.1) is 0 Å². The van der Waals surface area contributed by atoms with Crippen molar-refractivity contribution in [3.63, 3.8) is 0 Å². The molecule has 9 heteroatoms. The van der Waals surface area contributed by atoms with E-state index in [1.165, 1.54) is 0 Å². The Labute approximate surface area is 101 Å². The lowest BCUT2D eigenvalue weighted by Crippen LogP contribution is -2.14. The van der Waals surface area contributed by atoms with Crippen molar-refractivity contribution in [1.29, 1.82) is 0 Å². The van der Waals surface area contributed by atoms with Gasteiger partial charge < -0.3 is 15.8 Å². The van der Waals surface area contributed by atoms with Gasteiger partial charge in [-0.2, -0.15) is 15.1 Å². The van der Waals surface area contributed by atoms with Gasteiger partial charge in [0.1, 0.15) is 12.4 Å². The van der Waals surface area contributed by atoms with Crippen LogP contribution in [-0.2, 0) is 4.74 Å². The van der Waals surface area contributed by atoms with Crippen LogP contribution in [0.25, 0.3) is 11.0 Å². The fourth-order valence-electron chi connectivity index (χ4n) is 1.40. The second-order valence-corrected chi connectivity index (χ2v) is 3.46. The van der Waals surface area contributed by atoms with Crippen LogP contribution in [0.15, 0.2) is 6.20 Å². The minimum atomic E-state index is -2.46. The predicted octanol–water partition coefficient (Wildman–Crippen LogP) is 0.629. The maximum atomic E-state index is 11.8. The molecular formula is C9H12F2N6O. The van der Waals surface area contributed by atoms with E-state index in [9.17, 15) is 8.78 Å². The van der Waals surface area contributed by atoms with Crippen LogP contribution in [0.4, 0.5) is 20.5 Å². The van der Waals surface area contributed by atoms with Crippen molar-refractivity contribution in [2.75, 3.05) is 30.8 Å². The third kappa shape index (κ3) is 3.00. The highest BCUT2D eigenvalue weighted by Crippen LogP contribution is 2.18. The molecule has 2 aromatic rings. The Morgan fingerprint density at radius 1 is 1.44 bits per heavy atom. The molecule has 4 N–H and O–H groups in total. The smallest absolute Gasteiger partial charge is 0.261 e. The summed E-state index contributed by atoms with van der Waals surface area (Å²) in [7, 11) is 0. The molecule has 7 nitrogen and oxygen atoms in total. The molecule has 0 fully saturated rings. The van der Waals surface area contributed by atoms with E-state index in [4.69, 9.17) is 10.5 Å². The highest BCUT2D eigenvalue weighted by Gasteiger charge is 2.07. The molecule has 0 spiro atoms. The van der Waals surface area contributed by atoms with Crippen LogP contribution in [-0.4, -0.2) is 46.3 Å². The molecule has 0 bridgehead atoms. The van der Waals surface area contributed by atoms with Gasteiger partial charge in [0.15, 0.2) is 5.65 Å². The summed E-state index contributed by atoms with van der Waals surface area (Å²) in [4.78, 5) is 7.94. The molecule has 98 valence electrons. The number of nitrogens with two attached hydrogens (primary N) is 1. The number of H-pyrrole nitrogens is 1. The Morgan fingerprint density at radius 3 is 3.06 bits per heavy atom. The van der Waals surface area contributed by atoms with E-state index in [1.807, 2.05) is 0 Å². The second kappa shape index (κ2) is 5.54. The van der Waals surface area contributed by atoms with E-state index in [2.05, 4.69) is 25.5 Å². The van der Waals surface area contributed by atoms with Gasteiger partial charge in [0.05, 0.1) is 18.2 Å². The van der Waals surface area contributed by atoms with Crippen LogP contribution in [0.5, 0.6) is 0 Å². The molecule has 0 radical (unpaired) electrons. The molecule has 0 amide bonds. The molecule has 2 heterocycles. The summed E-state index contributed by atoms with van der Waals surface area (Å²) in [5, 5.41) is 10.1. The molecule has 0 saturated carbocycles. The van der Waals surface area contributed by atoms with Gasteiger partial charge >= 0.3 is 0 Å². The number of nitrogen functional groups attached to an aromatic ring is 1. The quantitative estimate of drug-likeness (QED) is 0.657. The predicted molar refractivity (Wildman–Crippen MR) is 61.4 cm³/mol. The summed E-state index contributed by atoms with van der Waals surface area (Å²) >= 11 is 0. The molecule has 0 aliphatic heterocycles. The number of hydrogen-bond donors (Lipinski definition) is 3. The number of aromatic amines is 1. The largest absolute Gasteiger partial charge is 0.374 e. The number of alkyl halides is 2. The zero-order valence-corrected chi connectivity index (χ0v) is 9.36. The van der Waals surface area contributed by atoms with Crippen molar-refractivity contribution in [1.82, 2.24) is 20.2 Å². The molecule has 0 saturated heterocycles. The zero-order valence-electron chi connectivity index (χ0n) is 9.36. The zero-order chi connectivity index (χ0) is 13.0. The number of nitrogens with one attached hydrogen (secondary N) is 2. The Morgan fingerprint density at radius 2 is 2.28 bits per heavy atom. The maximum absolute atomic E-state index is 11.8. The lowest BCUT2D eigenvalue weighted by molar-refractivity contribution is 0.0215. The number of fused-ring (bicyclic) bond motifs is 1. The summed E-state index contributed by atoms with van der Waals surface area (Å²) < 4.78 is 28.3. The molecular weight excluding hydrogens is 246 g/mol. The molecule has 0 aromatic carbocycles. The van der Waals surface area contributed by atoms with Crippen LogP contribution in [0.2, 0.25) is 0 Å². The van der Waals surface area contributed by atoms with Gasteiger partial charge in [0, 0.05) is 6.54 Å². The first kappa shape index (κ1) is 12.4. The molecule has 0 aliphatic carbocycles. The van der Waals surface area contributed by atoms with Crippen LogP contribution in [0.1, 0.15) is 0 Å². The fourth-order valence-corrected chi connectivity index (χ4v) is 1.40. The van der Waals surface area contributed by atoms with E-state index in [-0.39, 0.29) is 12.6 Å². The van der Waals surface area contributed by atoms with E-state index >= 15 is 0 Å². The minimum Gasteiger partial charge on any atom is -0.374 e. The minimum absolute atomic E-state index is 0.0998. The van der Waals surface area contributed by atoms with Gasteiger partial charge in [-0.05, 0) is 0 Å². The van der Waals surface area contributed by atoms with Crippen molar-refractivity contribution >= 4 is 22.8 Å². The summed E-state index contributed by atoms with van der Waals surface area (Å²) in [5.74, 6) is 0.592. The fraction of sp³-hybridized carbons (Fsp3) is 0.444. The van der Waals surface area contributed by atoms with E-state index < -0.39 is 13.0 Å². The standard InChI is InChI=1S/C9H12F2N6O/c10-6(11)4-18-2-1-13-7-5-3-14-17-8(5)16-9(12)15-7/h3,6H,1-2,4H2,(H4,12,13,14,15,16,17). The van der Waals surface area contributed by atoms with Crippen molar-refractivity contribution in [2.45, 2.75) is 6.43 Å². The van der Waals surface area contributed by atoms with E-state index in [0.29, 0.717) is 23.4 Å². The Balaban J connectivity index is 1.93. The average Bonchev–Trinajstić information content (AvgIpc) is 2.75. The monoisotopic (exact) mass is 258 g/mol. The van der Waals surface area contributed by atoms with Crippen molar-refractivity contribution in [3.8, 4) is 0 Å². The van der Waals surface area contributed by atoms with Gasteiger partial charge in [-0.25, -0.2) is 8.78 Å². The molecule has 0 aliphatic rings. The third-order valence-corrected chi connectivity index (χ3v) is 2.11. The van der Waals surface area contributed by atoms with Gasteiger partial charge in [-0.1, -0.05) is 0 Å². The summed E-state index contributed by atoms with van der Waals surface area (Å²) in [6, 6.07) is 0. The van der Waals surface area contributed by atoms with Crippen molar-refractivity contribution in [2.24, 2.45) is 0 Å². The normalized spacial score (nSPS) is 11.3. The lowest BCUT2D eigenvalue weighted by Gasteiger charge is -2.07. The topological polar surface area (TPSA) is 102 Å². The lowest BCUT2D eigenvalue weighted by atomic mass is 10.4. The number of anilines is 2. The number of hydrogen-bond acceptors (Lipinski definition) is 6. The molecule has 18 heavy (non-hydrogen) atoms. The van der Waals surface area contributed by atoms with Gasteiger partial charge in [0.25, 0.3) is 6.43 Å². The number of nitrogens with zero attached hydrogens (tertiary/aromatic N) is 3. The third-order valence-electron chi connectivity index (χ3n) is 2.11.